The standard InChI is InChI=1S/C12H17NO2SSe2/c1-9-4-6-10(7-5-9)16(14,15)13-11-8-17-18-12(11,2)3/h4-7,11,13H,8H2,1-3H3/t11-/m0/s1. The third kappa shape index (κ3) is 3.19. The van der Waals surface area contributed by atoms with Crippen LogP contribution in [0.25, 0.3) is 0 Å². The molecule has 3 nitrogen and oxygen atoms in total. The van der Waals surface area contributed by atoms with Crippen LogP contribution in [0.2, 0.25) is 9.63 Å². The Labute approximate surface area is 120 Å². The Morgan fingerprint density at radius 3 is 2.39 bits per heavy atom. The van der Waals surface area contributed by atoms with Gasteiger partial charge in [-0.3, -0.25) is 0 Å². The summed E-state index contributed by atoms with van der Waals surface area (Å²) in [6, 6.07) is 7.12. The quantitative estimate of drug-likeness (QED) is 0.788. The van der Waals surface area contributed by atoms with E-state index in [1.807, 2.05) is 19.1 Å². The molecule has 0 unspecified atom stereocenters. The SMILES string of the molecule is Cc1ccc(S(=O)(=O)N[C@H]2C[Se][Se]C2(C)C)cc1. The van der Waals surface area contributed by atoms with Gasteiger partial charge in [0, 0.05) is 0 Å². The Bertz CT molecular complexity index is 526. The molecule has 1 N–H and O–H groups in total. The van der Waals surface area contributed by atoms with Gasteiger partial charge in [0.05, 0.1) is 0 Å². The maximum atomic E-state index is 12.3. The van der Waals surface area contributed by atoms with Gasteiger partial charge in [0.15, 0.2) is 0 Å². The van der Waals surface area contributed by atoms with Crippen molar-refractivity contribution in [1.29, 1.82) is 0 Å². The van der Waals surface area contributed by atoms with E-state index < -0.39 is 10.0 Å². The van der Waals surface area contributed by atoms with Crippen molar-refractivity contribution in [2.45, 2.75) is 41.3 Å². The van der Waals surface area contributed by atoms with Gasteiger partial charge >= 0.3 is 121 Å². The Morgan fingerprint density at radius 2 is 1.89 bits per heavy atom. The van der Waals surface area contributed by atoms with Crippen LogP contribution in [0.3, 0.4) is 0 Å². The van der Waals surface area contributed by atoms with Gasteiger partial charge in [0.1, 0.15) is 0 Å². The van der Waals surface area contributed by atoms with Crippen LogP contribution >= 0.6 is 0 Å². The Kier molecular flexibility index (Phi) is 4.27. The number of nitrogens with one attached hydrogen (secondary N) is 1. The fourth-order valence-electron chi connectivity index (χ4n) is 1.66. The first-order valence-corrected chi connectivity index (χ1v) is 13.6. The predicted octanol–water partition coefficient (Wildman–Crippen LogP) is 1.60. The van der Waals surface area contributed by atoms with Crippen molar-refractivity contribution in [2.24, 2.45) is 0 Å². The molecule has 0 spiro atoms. The second-order valence-corrected chi connectivity index (χ2v) is 14.8. The second kappa shape index (κ2) is 5.28. The molecule has 18 heavy (non-hydrogen) atoms. The van der Waals surface area contributed by atoms with E-state index in [0.29, 0.717) is 31.2 Å². The van der Waals surface area contributed by atoms with Crippen molar-refractivity contribution < 1.29 is 8.42 Å². The van der Waals surface area contributed by atoms with Gasteiger partial charge < -0.3 is 0 Å². The minimum absolute atomic E-state index is 0.101. The zero-order valence-corrected chi connectivity index (χ0v) is 14.9. The number of hydrogen-bond donors (Lipinski definition) is 1. The molecule has 0 saturated carbocycles. The molecule has 0 bridgehead atoms. The van der Waals surface area contributed by atoms with E-state index in [-0.39, 0.29) is 10.4 Å². The molecule has 0 radical (unpaired) electrons. The number of aryl methyl sites for hydroxylation is 1. The topological polar surface area (TPSA) is 46.2 Å². The van der Waals surface area contributed by atoms with Gasteiger partial charge in [-0.2, -0.15) is 0 Å². The molecule has 1 aromatic carbocycles. The van der Waals surface area contributed by atoms with E-state index >= 15 is 0 Å². The molecule has 0 aromatic heterocycles. The van der Waals surface area contributed by atoms with Crippen LogP contribution < -0.4 is 4.72 Å². The summed E-state index contributed by atoms with van der Waals surface area (Å²) in [5, 5.41) is 1.02. The summed E-state index contributed by atoms with van der Waals surface area (Å²) >= 11 is 1.21. The summed E-state index contributed by atoms with van der Waals surface area (Å²) in [6.07, 6.45) is 0. The Hall–Kier alpha value is 0.169. The molecule has 1 fully saturated rings. The molecule has 1 aliphatic rings. The molecule has 6 heteroatoms. The summed E-state index contributed by atoms with van der Waals surface area (Å²) in [4.78, 5) is 0.371. The predicted molar refractivity (Wildman–Crippen MR) is 75.6 cm³/mol. The molecule has 0 amide bonds. The Morgan fingerprint density at radius 1 is 1.28 bits per heavy atom. The number of hydrogen-bond acceptors (Lipinski definition) is 2. The van der Waals surface area contributed by atoms with Crippen LogP contribution in [-0.4, -0.2) is 40.7 Å². The molecule has 1 heterocycles. The van der Waals surface area contributed by atoms with Crippen molar-refractivity contribution in [3.63, 3.8) is 0 Å². The Balaban J connectivity index is 2.20. The number of rotatable bonds is 3. The number of sulfonamides is 1. The zero-order valence-electron chi connectivity index (χ0n) is 10.6. The summed E-state index contributed by atoms with van der Waals surface area (Å²) < 4.78 is 27.6. The third-order valence-corrected chi connectivity index (χ3v) is 14.6. The summed E-state index contributed by atoms with van der Waals surface area (Å²) in [7, 11) is -3.36. The van der Waals surface area contributed by atoms with Crippen LogP contribution in [-0.2, 0) is 10.0 Å². The molecule has 0 aliphatic carbocycles. The van der Waals surface area contributed by atoms with Crippen molar-refractivity contribution >= 4 is 36.3 Å². The van der Waals surface area contributed by atoms with E-state index in [2.05, 4.69) is 18.6 Å². The van der Waals surface area contributed by atoms with E-state index in [4.69, 9.17) is 0 Å². The normalized spacial score (nSPS) is 23.2. The molecular formula is C12H17NO2SSe2. The van der Waals surface area contributed by atoms with E-state index in [9.17, 15) is 8.42 Å². The van der Waals surface area contributed by atoms with E-state index in [1.54, 1.807) is 12.1 Å². The fourth-order valence-corrected chi connectivity index (χ4v) is 13.4. The van der Waals surface area contributed by atoms with Crippen LogP contribution in [0.5, 0.6) is 0 Å². The molecule has 1 aliphatic heterocycles. The first-order chi connectivity index (χ1) is 8.31. The first kappa shape index (κ1) is 14.6. The van der Waals surface area contributed by atoms with Crippen molar-refractivity contribution in [1.82, 2.24) is 4.72 Å². The van der Waals surface area contributed by atoms with Crippen molar-refractivity contribution in [3.8, 4) is 0 Å². The van der Waals surface area contributed by atoms with Crippen LogP contribution in [0.1, 0.15) is 19.4 Å². The van der Waals surface area contributed by atoms with Gasteiger partial charge in [-0.05, 0) is 0 Å². The average Bonchev–Trinajstić information content (AvgIpc) is 2.58. The van der Waals surface area contributed by atoms with E-state index in [0.717, 1.165) is 10.9 Å². The molecule has 2 rings (SSSR count). The summed E-state index contributed by atoms with van der Waals surface area (Å²) in [5.74, 6) is 0. The average molecular weight is 397 g/mol. The van der Waals surface area contributed by atoms with Crippen LogP contribution in [0, 0.1) is 6.92 Å². The summed E-state index contributed by atoms with van der Waals surface area (Å²) in [6.45, 7) is 6.29. The maximum absolute atomic E-state index is 12.3. The van der Waals surface area contributed by atoms with Crippen molar-refractivity contribution in [2.75, 3.05) is 0 Å². The molecule has 1 atom stereocenters. The number of benzene rings is 1. The van der Waals surface area contributed by atoms with Gasteiger partial charge in [-0.15, -0.1) is 0 Å². The van der Waals surface area contributed by atoms with Crippen molar-refractivity contribution in [3.05, 3.63) is 29.8 Å². The zero-order chi connectivity index (χ0) is 13.4. The molecule has 100 valence electrons. The summed E-state index contributed by atoms with van der Waals surface area (Å²) in [5.41, 5.74) is 1.07. The van der Waals surface area contributed by atoms with Crippen LogP contribution in [0.15, 0.2) is 29.2 Å². The van der Waals surface area contributed by atoms with E-state index in [1.165, 1.54) is 0 Å². The fraction of sp³-hybridized carbons (Fsp3) is 0.500. The van der Waals surface area contributed by atoms with Gasteiger partial charge in [-0.1, -0.05) is 0 Å². The first-order valence-electron chi connectivity index (χ1n) is 5.71. The van der Waals surface area contributed by atoms with Gasteiger partial charge in [-0.25, -0.2) is 0 Å². The van der Waals surface area contributed by atoms with Crippen LogP contribution in [0.4, 0.5) is 0 Å². The van der Waals surface area contributed by atoms with Gasteiger partial charge in [0.2, 0.25) is 0 Å². The molecular weight excluding hydrogens is 380 g/mol. The third-order valence-electron chi connectivity index (χ3n) is 2.98. The molecule has 1 saturated heterocycles. The van der Waals surface area contributed by atoms with Gasteiger partial charge in [0.25, 0.3) is 0 Å². The molecule has 1 aromatic rings. The second-order valence-electron chi connectivity index (χ2n) is 4.96. The monoisotopic (exact) mass is 399 g/mol. The minimum atomic E-state index is -3.36.